The van der Waals surface area contributed by atoms with E-state index in [2.05, 4.69) is 70.5 Å². The number of nitrogens with one attached hydrogen (secondary N) is 4. The van der Waals surface area contributed by atoms with Gasteiger partial charge < -0.3 is 45.1 Å². The first kappa shape index (κ1) is 45.4. The van der Waals surface area contributed by atoms with E-state index < -0.39 is 24.3 Å². The van der Waals surface area contributed by atoms with Gasteiger partial charge in [-0.1, -0.05) is 66.7 Å². The molecule has 3 aromatic carbocycles. The van der Waals surface area contributed by atoms with Crippen molar-refractivity contribution in [2.24, 2.45) is 11.8 Å². The summed E-state index contributed by atoms with van der Waals surface area (Å²) in [6.07, 6.45) is 2.61. The van der Waals surface area contributed by atoms with Gasteiger partial charge >= 0.3 is 12.2 Å². The lowest BCUT2D eigenvalue weighted by Gasteiger charge is -2.34. The fraction of sp³-hybridized carbons (Fsp3) is 0.510. The predicted octanol–water partition coefficient (Wildman–Crippen LogP) is 8.96. The van der Waals surface area contributed by atoms with Gasteiger partial charge in [-0.3, -0.25) is 9.59 Å². The number of carboxylic acid groups (broad SMARTS) is 1. The predicted molar refractivity (Wildman–Crippen MR) is 246 cm³/mol. The Morgan fingerprint density at radius 1 is 0.723 bits per heavy atom. The first-order chi connectivity index (χ1) is 30.9. The van der Waals surface area contributed by atoms with E-state index in [1.807, 2.05) is 52.0 Å². The number of hydrogen-bond donors (Lipinski definition) is 5. The zero-order valence-electron chi connectivity index (χ0n) is 38.6. The molecular weight excluding hydrogens is 830 g/mol. The minimum absolute atomic E-state index is 0.151. The molecule has 5 N–H and O–H groups in total. The zero-order valence-corrected chi connectivity index (χ0v) is 38.6. The van der Waals surface area contributed by atoms with Crippen molar-refractivity contribution >= 4 is 51.8 Å². The highest BCUT2D eigenvalue weighted by Crippen LogP contribution is 2.49. The number of carbonyl (C=O) groups excluding carboxylic acids is 3. The molecule has 5 aromatic rings. The van der Waals surface area contributed by atoms with Crippen molar-refractivity contribution in [3.8, 4) is 0 Å². The molecule has 8 rings (SSSR count). The number of amides is 4. The molecule has 0 radical (unpaired) electrons. The van der Waals surface area contributed by atoms with Crippen LogP contribution in [0.5, 0.6) is 0 Å². The summed E-state index contributed by atoms with van der Waals surface area (Å²) in [5, 5.41) is 14.6. The monoisotopic (exact) mass is 891 g/mol. The Labute approximate surface area is 378 Å². The third kappa shape index (κ3) is 8.95. The molecule has 6 atom stereocenters. The van der Waals surface area contributed by atoms with Crippen molar-refractivity contribution in [2.75, 3.05) is 25.1 Å². The number of rotatable bonds is 11. The van der Waals surface area contributed by atoms with Crippen LogP contribution in [0.1, 0.15) is 139 Å². The number of nitrogens with zero attached hydrogens (tertiary/aromatic N) is 5. The molecule has 3 aliphatic heterocycles. The number of H-pyrrole nitrogens is 2. The van der Waals surface area contributed by atoms with Crippen LogP contribution in [0, 0.1) is 17.7 Å². The SMILES string of the molecule is COC(=O)N[C@H](C(=O)N1CCC[C@H]1c1nc2ccc([C@H]3CC[C@H](c4ccc5nc([C@@H]6CCCN6C(=O)[C@@H](NC(=O)O)C(C)C)[nH]c5c4)N3c3ccc(C(C)(C)C)cc3F)cc2[nH]1)C(C)C. The summed E-state index contributed by atoms with van der Waals surface area (Å²) in [5.41, 5.74) is 6.31. The van der Waals surface area contributed by atoms with Gasteiger partial charge in [0.15, 0.2) is 0 Å². The average Bonchev–Trinajstić information content (AvgIpc) is 4.11. The number of benzene rings is 3. The summed E-state index contributed by atoms with van der Waals surface area (Å²) in [5.74, 6) is 0.227. The van der Waals surface area contributed by atoms with E-state index in [1.54, 1.807) is 15.9 Å². The molecule has 16 heteroatoms. The van der Waals surface area contributed by atoms with Crippen LogP contribution in [0.15, 0.2) is 54.6 Å². The number of aromatic nitrogens is 4. The standard InChI is InChI=1S/C49H62FN9O6/c1-26(2)41(55-47(62)63)45(60)57-21-9-11-39(57)43-51-32-16-13-28(23-34(32)53-43)36-19-20-37(59(36)38-18-15-30(25-31(38)50)49(5,6)7)29-14-17-33-35(24-29)54-44(52-33)40-12-10-22-58(40)46(61)42(27(3)4)56-48(64)65-8/h13-18,23-27,36-37,39-42,55H,9-12,19-22H2,1-8H3,(H,51,53)(H,52,54)(H,56,64)(H,62,63)/t36-,37-,39+,40+,41+,42+/m1/s1. The summed E-state index contributed by atoms with van der Waals surface area (Å²) >= 11 is 0. The Kier molecular flexibility index (Phi) is 12.6. The van der Waals surface area contributed by atoms with Crippen LogP contribution >= 0.6 is 0 Å². The number of anilines is 1. The number of imidazole rings is 2. The number of aromatic amines is 2. The fourth-order valence-corrected chi connectivity index (χ4v) is 10.1. The minimum atomic E-state index is -1.23. The Morgan fingerprint density at radius 3 is 1.65 bits per heavy atom. The maximum atomic E-state index is 16.6. The van der Waals surface area contributed by atoms with Crippen molar-refractivity contribution in [1.82, 2.24) is 40.4 Å². The first-order valence-corrected chi connectivity index (χ1v) is 23.0. The lowest BCUT2D eigenvalue weighted by Crippen LogP contribution is -2.51. The summed E-state index contributed by atoms with van der Waals surface area (Å²) < 4.78 is 21.5. The van der Waals surface area contributed by atoms with Gasteiger partial charge in [0.2, 0.25) is 11.8 Å². The maximum absolute atomic E-state index is 16.6. The van der Waals surface area contributed by atoms with Crippen LogP contribution in [0.2, 0.25) is 0 Å². The van der Waals surface area contributed by atoms with Gasteiger partial charge in [-0.25, -0.2) is 23.9 Å². The molecule has 346 valence electrons. The Balaban J connectivity index is 1.11. The van der Waals surface area contributed by atoms with E-state index in [0.717, 1.165) is 70.9 Å². The first-order valence-electron chi connectivity index (χ1n) is 23.0. The van der Waals surface area contributed by atoms with Crippen molar-refractivity contribution in [3.05, 3.63) is 88.8 Å². The summed E-state index contributed by atoms with van der Waals surface area (Å²) in [6, 6.07) is 15.2. The highest BCUT2D eigenvalue weighted by Gasteiger charge is 2.41. The second-order valence-corrected chi connectivity index (χ2v) is 19.6. The highest BCUT2D eigenvalue weighted by molar-refractivity contribution is 5.87. The van der Waals surface area contributed by atoms with Gasteiger partial charge in [-0.05, 0) is 109 Å². The number of halogens is 1. The van der Waals surface area contributed by atoms with E-state index in [9.17, 15) is 24.3 Å². The Hall–Kier alpha value is -6.19. The highest BCUT2D eigenvalue weighted by atomic mass is 19.1. The van der Waals surface area contributed by atoms with Crippen LogP contribution < -0.4 is 15.5 Å². The molecular formula is C49H62FN9O6. The fourth-order valence-electron chi connectivity index (χ4n) is 10.1. The normalized spacial score (nSPS) is 21.2. The average molecular weight is 892 g/mol. The van der Waals surface area contributed by atoms with Crippen LogP contribution in [0.4, 0.5) is 19.7 Å². The van der Waals surface area contributed by atoms with Gasteiger partial charge in [-0.15, -0.1) is 0 Å². The molecule has 65 heavy (non-hydrogen) atoms. The van der Waals surface area contributed by atoms with Crippen LogP contribution in [0.3, 0.4) is 0 Å². The second kappa shape index (κ2) is 18.0. The smallest absolute Gasteiger partial charge is 0.407 e. The van der Waals surface area contributed by atoms with Crippen LogP contribution in [0.25, 0.3) is 22.1 Å². The molecule has 4 amide bonds. The number of alkyl carbamates (subject to hydrolysis) is 1. The summed E-state index contributed by atoms with van der Waals surface area (Å²) in [4.78, 5) is 74.0. The van der Waals surface area contributed by atoms with Gasteiger partial charge in [0, 0.05) is 13.1 Å². The van der Waals surface area contributed by atoms with E-state index in [0.29, 0.717) is 36.8 Å². The van der Waals surface area contributed by atoms with Crippen molar-refractivity contribution < 1.29 is 33.4 Å². The zero-order chi connectivity index (χ0) is 46.5. The quantitative estimate of drug-likeness (QED) is 0.0862. The molecule has 2 aromatic heterocycles. The van der Waals surface area contributed by atoms with Gasteiger partial charge in [0.05, 0.1) is 59.0 Å². The number of carbonyl (C=O) groups is 4. The molecule has 3 aliphatic rings. The number of fused-ring (bicyclic) bond motifs is 2. The van der Waals surface area contributed by atoms with Gasteiger partial charge in [0.1, 0.15) is 29.5 Å². The number of methoxy groups -OCH3 is 1. The topological polar surface area (TPSA) is 189 Å². The summed E-state index contributed by atoms with van der Waals surface area (Å²) in [7, 11) is 1.28. The third-order valence-electron chi connectivity index (χ3n) is 13.6. The van der Waals surface area contributed by atoms with E-state index in [1.165, 1.54) is 7.11 Å². The largest absolute Gasteiger partial charge is 0.465 e. The molecule has 3 fully saturated rings. The van der Waals surface area contributed by atoms with E-state index in [-0.39, 0.29) is 59.0 Å². The molecule has 0 aliphatic carbocycles. The van der Waals surface area contributed by atoms with Crippen molar-refractivity contribution in [1.29, 1.82) is 0 Å². The molecule has 15 nitrogen and oxygen atoms in total. The number of likely N-dealkylation sites (tertiary alicyclic amines) is 2. The minimum Gasteiger partial charge on any atom is -0.465 e. The molecule has 0 bridgehead atoms. The Bertz CT molecular complexity index is 2600. The molecule has 0 saturated carbocycles. The van der Waals surface area contributed by atoms with E-state index in [4.69, 9.17) is 14.7 Å². The Morgan fingerprint density at radius 2 is 1.22 bits per heavy atom. The molecule has 0 spiro atoms. The maximum Gasteiger partial charge on any atom is 0.407 e. The van der Waals surface area contributed by atoms with Crippen LogP contribution in [-0.2, 0) is 19.7 Å². The van der Waals surface area contributed by atoms with Crippen molar-refractivity contribution in [2.45, 2.75) is 129 Å². The van der Waals surface area contributed by atoms with E-state index >= 15 is 4.39 Å². The van der Waals surface area contributed by atoms with Crippen LogP contribution in [-0.4, -0.2) is 91.1 Å². The van der Waals surface area contributed by atoms with Crippen molar-refractivity contribution in [3.63, 3.8) is 0 Å². The number of ether oxygens (including phenoxy) is 1. The van der Waals surface area contributed by atoms with Gasteiger partial charge in [0.25, 0.3) is 0 Å². The van der Waals surface area contributed by atoms with Gasteiger partial charge in [-0.2, -0.15) is 0 Å². The molecule has 0 unspecified atom stereocenters. The lowest BCUT2D eigenvalue weighted by atomic mass is 9.87. The molecule has 3 saturated heterocycles. The second-order valence-electron chi connectivity index (χ2n) is 19.6. The lowest BCUT2D eigenvalue weighted by molar-refractivity contribution is -0.136. The third-order valence-corrected chi connectivity index (χ3v) is 13.6. The number of hydrogen-bond acceptors (Lipinski definition) is 8. The summed E-state index contributed by atoms with van der Waals surface area (Å²) in [6.45, 7) is 14.7. The molecule has 5 heterocycles.